The number of halogens is 2. The van der Waals surface area contributed by atoms with Crippen molar-refractivity contribution >= 4 is 56.4 Å². The van der Waals surface area contributed by atoms with E-state index in [1.165, 1.54) is 0 Å². The van der Waals surface area contributed by atoms with Crippen LogP contribution < -0.4 is 10.6 Å². The Balaban J connectivity index is 1.69. The molecule has 0 saturated heterocycles. The van der Waals surface area contributed by atoms with Gasteiger partial charge in [-0.1, -0.05) is 48.0 Å². The first-order valence-electron chi connectivity index (χ1n) is 7.63. The molecule has 0 unspecified atom stereocenters. The zero-order valence-corrected chi connectivity index (χ0v) is 16.6. The van der Waals surface area contributed by atoms with Crippen molar-refractivity contribution in [2.45, 2.75) is 13.5 Å². The topological polar surface area (TPSA) is 41.9 Å². The summed E-state index contributed by atoms with van der Waals surface area (Å²) in [6.45, 7) is 2.61. The molecule has 3 aromatic rings. The molecule has 25 heavy (non-hydrogen) atoms. The van der Waals surface area contributed by atoms with E-state index in [0.717, 1.165) is 26.3 Å². The van der Waals surface area contributed by atoms with E-state index in [0.29, 0.717) is 17.5 Å². The molecule has 7 heteroatoms. The molecular formula is C18H16BrClN4S. The zero-order valence-electron chi connectivity index (χ0n) is 13.5. The van der Waals surface area contributed by atoms with Crippen LogP contribution in [0.15, 0.2) is 59.2 Å². The lowest BCUT2D eigenvalue weighted by Gasteiger charge is -2.11. The molecular weight excluding hydrogens is 420 g/mol. The van der Waals surface area contributed by atoms with Gasteiger partial charge < -0.3 is 10.6 Å². The highest BCUT2D eigenvalue weighted by atomic mass is 79.9. The second-order valence-corrected chi connectivity index (χ2v) is 7.18. The van der Waals surface area contributed by atoms with Crippen LogP contribution in [0.3, 0.4) is 0 Å². The Bertz CT molecular complexity index is 910. The standard InChI is InChI=1S/C18H16BrClN4S/c1-12-6-2-5-9-16(12)21-18(25)22-17-14(19)11-24(23-17)10-13-7-3-4-8-15(13)20/h2-9,11H,10H2,1H3,(H2,21,22,23,25). The van der Waals surface area contributed by atoms with E-state index in [1.807, 2.05) is 66.3 Å². The molecule has 1 heterocycles. The zero-order chi connectivity index (χ0) is 17.8. The van der Waals surface area contributed by atoms with Crippen molar-refractivity contribution in [2.24, 2.45) is 0 Å². The number of nitrogens with zero attached hydrogens (tertiary/aromatic N) is 2. The third-order valence-electron chi connectivity index (χ3n) is 3.63. The molecule has 0 atom stereocenters. The lowest BCUT2D eigenvalue weighted by Crippen LogP contribution is -2.20. The number of para-hydroxylation sites is 1. The lowest BCUT2D eigenvalue weighted by atomic mass is 10.2. The molecule has 0 fully saturated rings. The fourth-order valence-corrected chi connectivity index (χ4v) is 3.16. The molecule has 1 aromatic heterocycles. The van der Waals surface area contributed by atoms with E-state index >= 15 is 0 Å². The van der Waals surface area contributed by atoms with Gasteiger partial charge in [-0.25, -0.2) is 0 Å². The first kappa shape index (κ1) is 17.9. The fourth-order valence-electron chi connectivity index (χ4n) is 2.34. The highest BCUT2D eigenvalue weighted by molar-refractivity contribution is 9.10. The van der Waals surface area contributed by atoms with E-state index in [2.05, 4.69) is 31.7 Å². The van der Waals surface area contributed by atoms with Gasteiger partial charge in [0.15, 0.2) is 10.9 Å². The average molecular weight is 436 g/mol. The number of benzene rings is 2. The number of hydrogen-bond acceptors (Lipinski definition) is 2. The number of rotatable bonds is 4. The van der Waals surface area contributed by atoms with E-state index in [4.69, 9.17) is 23.8 Å². The van der Waals surface area contributed by atoms with Crippen LogP contribution in [0.2, 0.25) is 5.02 Å². The third-order valence-corrected chi connectivity index (χ3v) is 4.79. The minimum absolute atomic E-state index is 0.484. The highest BCUT2D eigenvalue weighted by Gasteiger charge is 2.10. The van der Waals surface area contributed by atoms with Crippen LogP contribution in [-0.4, -0.2) is 14.9 Å². The molecule has 128 valence electrons. The average Bonchev–Trinajstić information content (AvgIpc) is 2.91. The summed E-state index contributed by atoms with van der Waals surface area (Å²) in [5.41, 5.74) is 3.09. The summed E-state index contributed by atoms with van der Waals surface area (Å²) in [6.07, 6.45) is 1.89. The second-order valence-electron chi connectivity index (χ2n) is 5.51. The number of aromatic nitrogens is 2. The lowest BCUT2D eigenvalue weighted by molar-refractivity contribution is 0.690. The molecule has 0 aliphatic rings. The van der Waals surface area contributed by atoms with Crippen molar-refractivity contribution in [3.8, 4) is 0 Å². The summed E-state index contributed by atoms with van der Waals surface area (Å²) >= 11 is 15.1. The van der Waals surface area contributed by atoms with Crippen molar-refractivity contribution in [2.75, 3.05) is 10.6 Å². The van der Waals surface area contributed by atoms with Gasteiger partial charge in [0, 0.05) is 16.9 Å². The molecule has 0 saturated carbocycles. The Morgan fingerprint density at radius 2 is 1.88 bits per heavy atom. The smallest absolute Gasteiger partial charge is 0.176 e. The molecule has 3 rings (SSSR count). The van der Waals surface area contributed by atoms with Gasteiger partial charge in [0.2, 0.25) is 0 Å². The summed E-state index contributed by atoms with van der Waals surface area (Å²) in [5.74, 6) is 0.651. The number of aryl methyl sites for hydroxylation is 1. The Labute approximate surface area is 165 Å². The first-order valence-corrected chi connectivity index (χ1v) is 9.21. The fraction of sp³-hybridized carbons (Fsp3) is 0.111. The second kappa shape index (κ2) is 7.99. The SMILES string of the molecule is Cc1ccccc1NC(=S)Nc1nn(Cc2ccccc2Cl)cc1Br. The molecule has 4 nitrogen and oxygen atoms in total. The summed E-state index contributed by atoms with van der Waals surface area (Å²) < 4.78 is 2.64. The summed E-state index contributed by atoms with van der Waals surface area (Å²) in [4.78, 5) is 0. The Kier molecular flexibility index (Phi) is 5.73. The van der Waals surface area contributed by atoms with Crippen LogP contribution in [0.5, 0.6) is 0 Å². The summed E-state index contributed by atoms with van der Waals surface area (Å²) in [7, 11) is 0. The minimum atomic E-state index is 0.484. The number of nitrogens with one attached hydrogen (secondary N) is 2. The van der Waals surface area contributed by atoms with Crippen molar-refractivity contribution in [3.05, 3.63) is 75.4 Å². The Hall–Kier alpha value is -1.89. The van der Waals surface area contributed by atoms with E-state index in [-0.39, 0.29) is 0 Å². The summed E-state index contributed by atoms with van der Waals surface area (Å²) in [6, 6.07) is 15.7. The van der Waals surface area contributed by atoms with Crippen LogP contribution in [0.1, 0.15) is 11.1 Å². The predicted molar refractivity (Wildman–Crippen MR) is 112 cm³/mol. The van der Waals surface area contributed by atoms with Crippen molar-refractivity contribution in [3.63, 3.8) is 0 Å². The van der Waals surface area contributed by atoms with Crippen molar-refractivity contribution in [1.29, 1.82) is 0 Å². The van der Waals surface area contributed by atoms with Gasteiger partial charge in [-0.2, -0.15) is 5.10 Å². The first-order chi connectivity index (χ1) is 12.0. The number of hydrogen-bond donors (Lipinski definition) is 2. The Morgan fingerprint density at radius 1 is 1.16 bits per heavy atom. The van der Waals surface area contributed by atoms with Crippen molar-refractivity contribution < 1.29 is 0 Å². The molecule has 0 amide bonds. The Morgan fingerprint density at radius 3 is 2.64 bits per heavy atom. The van der Waals surface area contributed by atoms with Crippen LogP contribution in [0.25, 0.3) is 0 Å². The van der Waals surface area contributed by atoms with Gasteiger partial charge in [0.25, 0.3) is 0 Å². The van der Waals surface area contributed by atoms with Crippen LogP contribution in [-0.2, 0) is 6.54 Å². The van der Waals surface area contributed by atoms with Gasteiger partial charge in [-0.3, -0.25) is 4.68 Å². The van der Waals surface area contributed by atoms with Crippen LogP contribution >= 0.6 is 39.7 Å². The number of anilines is 2. The van der Waals surface area contributed by atoms with Crippen LogP contribution in [0.4, 0.5) is 11.5 Å². The maximum atomic E-state index is 6.21. The minimum Gasteiger partial charge on any atom is -0.332 e. The number of thiocarbonyl (C=S) groups is 1. The van der Waals surface area contributed by atoms with Gasteiger partial charge >= 0.3 is 0 Å². The molecule has 0 bridgehead atoms. The molecule has 0 aliphatic heterocycles. The molecule has 2 aromatic carbocycles. The van der Waals surface area contributed by atoms with E-state index in [1.54, 1.807) is 0 Å². The van der Waals surface area contributed by atoms with Gasteiger partial charge in [0.05, 0.1) is 11.0 Å². The maximum absolute atomic E-state index is 6.21. The van der Waals surface area contributed by atoms with Crippen molar-refractivity contribution in [1.82, 2.24) is 9.78 Å². The van der Waals surface area contributed by atoms with Gasteiger partial charge in [-0.15, -0.1) is 0 Å². The largest absolute Gasteiger partial charge is 0.332 e. The third kappa shape index (κ3) is 4.60. The van der Waals surface area contributed by atoms with Gasteiger partial charge in [-0.05, 0) is 58.3 Å². The maximum Gasteiger partial charge on any atom is 0.176 e. The predicted octanol–water partition coefficient (Wildman–Crippen LogP) is 5.46. The summed E-state index contributed by atoms with van der Waals surface area (Å²) in [5, 5.41) is 12.0. The highest BCUT2D eigenvalue weighted by Crippen LogP contribution is 2.23. The van der Waals surface area contributed by atoms with Crippen LogP contribution in [0, 0.1) is 6.92 Å². The van der Waals surface area contributed by atoms with E-state index in [9.17, 15) is 0 Å². The molecule has 0 spiro atoms. The quantitative estimate of drug-likeness (QED) is 0.534. The molecule has 2 N–H and O–H groups in total. The van der Waals surface area contributed by atoms with Gasteiger partial charge in [0.1, 0.15) is 0 Å². The van der Waals surface area contributed by atoms with E-state index < -0.39 is 0 Å². The molecule has 0 radical (unpaired) electrons. The molecule has 0 aliphatic carbocycles. The normalized spacial score (nSPS) is 10.5. The monoisotopic (exact) mass is 434 g/mol.